The number of carbonyl (C=O) groups is 1. The lowest BCUT2D eigenvalue weighted by atomic mass is 9.83. The van der Waals surface area contributed by atoms with Gasteiger partial charge in [0.2, 0.25) is 5.91 Å². The number of amides is 1. The van der Waals surface area contributed by atoms with Crippen LogP contribution in [0.3, 0.4) is 0 Å². The molecule has 0 spiro atoms. The van der Waals surface area contributed by atoms with Gasteiger partial charge in [-0.25, -0.2) is 10.9 Å². The highest BCUT2D eigenvalue weighted by molar-refractivity contribution is 8.00. The fourth-order valence-electron chi connectivity index (χ4n) is 4.44. The van der Waals surface area contributed by atoms with Crippen molar-refractivity contribution in [3.63, 3.8) is 0 Å². The second-order valence-electron chi connectivity index (χ2n) is 8.62. The largest absolute Gasteiger partial charge is 0.352 e. The summed E-state index contributed by atoms with van der Waals surface area (Å²) in [5.41, 5.74) is 6.87. The Morgan fingerprint density at radius 2 is 2.04 bits per heavy atom. The first kappa shape index (κ1) is 20.4. The Bertz CT molecular complexity index is 479. The standard InChI is InChI=1S/C19H37N5OS/c1-12-8-9-17(21-13(12)2)18(25)22-16-7-5-6-15(10-16)14(3)26-19-23-20-11-24(19)4/h12-17,19-21,23H,5-11H2,1-4H3,(H,22,25)/t12?,13?,14-,15?,16?,17?,19?/m0/s1. The summed E-state index contributed by atoms with van der Waals surface area (Å²) in [5, 5.41) is 7.45. The van der Waals surface area contributed by atoms with Gasteiger partial charge in [0, 0.05) is 17.3 Å². The Hall–Kier alpha value is -0.340. The molecule has 7 atom stereocenters. The van der Waals surface area contributed by atoms with Crippen LogP contribution in [0.4, 0.5) is 0 Å². The number of rotatable bonds is 5. The van der Waals surface area contributed by atoms with Crippen LogP contribution < -0.4 is 21.5 Å². The van der Waals surface area contributed by atoms with Crippen molar-refractivity contribution in [2.75, 3.05) is 13.7 Å². The zero-order valence-electron chi connectivity index (χ0n) is 16.8. The van der Waals surface area contributed by atoms with Crippen molar-refractivity contribution in [1.82, 2.24) is 26.4 Å². The lowest BCUT2D eigenvalue weighted by Crippen LogP contribution is -2.54. The molecular formula is C19H37N5OS. The molecule has 7 heteroatoms. The van der Waals surface area contributed by atoms with Gasteiger partial charge in [-0.1, -0.05) is 20.3 Å². The lowest BCUT2D eigenvalue weighted by molar-refractivity contribution is -0.125. The topological polar surface area (TPSA) is 68.4 Å². The highest BCUT2D eigenvalue weighted by Crippen LogP contribution is 2.35. The van der Waals surface area contributed by atoms with Crippen molar-refractivity contribution in [2.24, 2.45) is 11.8 Å². The predicted molar refractivity (Wildman–Crippen MR) is 108 cm³/mol. The Labute approximate surface area is 163 Å². The third kappa shape index (κ3) is 5.13. The number of thioether (sulfide) groups is 1. The summed E-state index contributed by atoms with van der Waals surface area (Å²) in [6.07, 6.45) is 6.85. The van der Waals surface area contributed by atoms with E-state index in [-0.39, 0.29) is 11.9 Å². The monoisotopic (exact) mass is 383 g/mol. The number of carbonyl (C=O) groups excluding carboxylic acids is 1. The summed E-state index contributed by atoms with van der Waals surface area (Å²) in [7, 11) is 2.14. The van der Waals surface area contributed by atoms with E-state index in [0.29, 0.717) is 34.7 Å². The van der Waals surface area contributed by atoms with Crippen LogP contribution >= 0.6 is 11.8 Å². The van der Waals surface area contributed by atoms with Crippen LogP contribution in [-0.4, -0.2) is 53.4 Å². The molecule has 3 rings (SSSR count). The quantitative estimate of drug-likeness (QED) is 0.581. The Balaban J connectivity index is 1.46. The molecule has 0 bridgehead atoms. The molecule has 1 amide bonds. The lowest BCUT2D eigenvalue weighted by Gasteiger charge is -2.37. The molecule has 2 aliphatic heterocycles. The van der Waals surface area contributed by atoms with Crippen molar-refractivity contribution in [2.45, 2.75) is 88.2 Å². The van der Waals surface area contributed by atoms with Crippen molar-refractivity contribution >= 4 is 17.7 Å². The third-order valence-corrected chi connectivity index (χ3v) is 8.12. The van der Waals surface area contributed by atoms with Gasteiger partial charge in [0.1, 0.15) is 5.50 Å². The number of piperidine rings is 1. The van der Waals surface area contributed by atoms with Gasteiger partial charge in [-0.2, -0.15) is 0 Å². The van der Waals surface area contributed by atoms with Crippen molar-refractivity contribution in [1.29, 1.82) is 0 Å². The summed E-state index contributed by atoms with van der Waals surface area (Å²) < 4.78 is 0. The Morgan fingerprint density at radius 1 is 1.23 bits per heavy atom. The SMILES string of the molecule is CC1CCC(C(=O)NC2CCCC([C@H](C)SC3NNCN3C)C2)NC1C. The van der Waals surface area contributed by atoms with Gasteiger partial charge in [0.25, 0.3) is 0 Å². The van der Waals surface area contributed by atoms with Crippen LogP contribution in [-0.2, 0) is 4.79 Å². The van der Waals surface area contributed by atoms with Gasteiger partial charge in [-0.3, -0.25) is 9.69 Å². The molecule has 0 aromatic heterocycles. The van der Waals surface area contributed by atoms with Crippen molar-refractivity contribution in [3.05, 3.63) is 0 Å². The zero-order chi connectivity index (χ0) is 18.7. The molecule has 2 heterocycles. The summed E-state index contributed by atoms with van der Waals surface area (Å²) in [6.45, 7) is 7.70. The molecule has 6 unspecified atom stereocenters. The van der Waals surface area contributed by atoms with Gasteiger partial charge in [0.05, 0.1) is 12.7 Å². The highest BCUT2D eigenvalue weighted by atomic mass is 32.2. The van der Waals surface area contributed by atoms with Gasteiger partial charge in [0.15, 0.2) is 0 Å². The van der Waals surface area contributed by atoms with E-state index in [4.69, 9.17) is 0 Å². The first-order valence-electron chi connectivity index (χ1n) is 10.3. The normalized spacial score (nSPS) is 40.3. The molecule has 6 nitrogen and oxygen atoms in total. The summed E-state index contributed by atoms with van der Waals surface area (Å²) in [5.74, 6) is 1.55. The van der Waals surface area contributed by atoms with Crippen molar-refractivity contribution < 1.29 is 4.79 Å². The average Bonchev–Trinajstić information content (AvgIpc) is 3.02. The zero-order valence-corrected chi connectivity index (χ0v) is 17.6. The molecule has 0 aromatic rings. The van der Waals surface area contributed by atoms with Gasteiger partial charge in [-0.15, -0.1) is 11.8 Å². The number of hydrogen-bond donors (Lipinski definition) is 4. The fraction of sp³-hybridized carbons (Fsp3) is 0.947. The van der Waals surface area contributed by atoms with E-state index in [1.54, 1.807) is 0 Å². The first-order chi connectivity index (χ1) is 12.4. The highest BCUT2D eigenvalue weighted by Gasteiger charge is 2.33. The van der Waals surface area contributed by atoms with E-state index in [1.807, 2.05) is 11.8 Å². The minimum atomic E-state index is -0.00390. The number of hydrogen-bond acceptors (Lipinski definition) is 6. The van der Waals surface area contributed by atoms with Crippen LogP contribution in [0.25, 0.3) is 0 Å². The molecule has 1 aliphatic carbocycles. The van der Waals surface area contributed by atoms with Gasteiger partial charge < -0.3 is 10.6 Å². The summed E-state index contributed by atoms with van der Waals surface area (Å²) >= 11 is 2.00. The predicted octanol–water partition coefficient (Wildman–Crippen LogP) is 1.84. The second-order valence-corrected chi connectivity index (χ2v) is 10.1. The number of nitrogens with one attached hydrogen (secondary N) is 4. The maximum atomic E-state index is 12.7. The van der Waals surface area contributed by atoms with E-state index in [0.717, 1.165) is 32.4 Å². The molecule has 1 saturated carbocycles. The van der Waals surface area contributed by atoms with Gasteiger partial charge >= 0.3 is 0 Å². The first-order valence-corrected chi connectivity index (χ1v) is 11.3. The van der Waals surface area contributed by atoms with Crippen LogP contribution in [0, 0.1) is 11.8 Å². The third-order valence-electron chi connectivity index (χ3n) is 6.57. The molecule has 26 heavy (non-hydrogen) atoms. The van der Waals surface area contributed by atoms with Crippen LogP contribution in [0.15, 0.2) is 0 Å². The number of nitrogens with zero attached hydrogens (tertiary/aromatic N) is 1. The molecule has 0 radical (unpaired) electrons. The second kappa shape index (κ2) is 9.24. The molecule has 4 N–H and O–H groups in total. The van der Waals surface area contributed by atoms with E-state index in [9.17, 15) is 4.79 Å². The van der Waals surface area contributed by atoms with Crippen LogP contribution in [0.2, 0.25) is 0 Å². The molecule has 150 valence electrons. The van der Waals surface area contributed by atoms with E-state index < -0.39 is 0 Å². The van der Waals surface area contributed by atoms with Gasteiger partial charge in [-0.05, 0) is 57.9 Å². The Kier molecular flexibility index (Phi) is 7.25. The molecule has 0 aromatic carbocycles. The minimum Gasteiger partial charge on any atom is -0.352 e. The molecule has 3 aliphatic rings. The van der Waals surface area contributed by atoms with E-state index in [1.165, 1.54) is 12.8 Å². The number of hydrazine groups is 1. The molecule has 2 saturated heterocycles. The maximum Gasteiger partial charge on any atom is 0.237 e. The molecular weight excluding hydrogens is 346 g/mol. The maximum absolute atomic E-state index is 12.7. The van der Waals surface area contributed by atoms with Crippen molar-refractivity contribution in [3.8, 4) is 0 Å². The Morgan fingerprint density at radius 3 is 2.73 bits per heavy atom. The van der Waals surface area contributed by atoms with Crippen LogP contribution in [0.5, 0.6) is 0 Å². The fourth-order valence-corrected chi connectivity index (χ4v) is 5.75. The molecule has 3 fully saturated rings. The minimum absolute atomic E-state index is 0.00390. The van der Waals surface area contributed by atoms with E-state index in [2.05, 4.69) is 54.2 Å². The summed E-state index contributed by atoms with van der Waals surface area (Å²) in [6, 6.07) is 0.767. The average molecular weight is 384 g/mol. The smallest absolute Gasteiger partial charge is 0.237 e. The summed E-state index contributed by atoms with van der Waals surface area (Å²) in [4.78, 5) is 15.0. The van der Waals surface area contributed by atoms with Crippen LogP contribution in [0.1, 0.15) is 59.3 Å². The van der Waals surface area contributed by atoms with E-state index >= 15 is 0 Å².